The Balaban J connectivity index is 1.14. The van der Waals surface area contributed by atoms with Gasteiger partial charge in [-0.15, -0.1) is 11.3 Å². The number of thiophene rings is 1. The average Bonchev–Trinajstić information content (AvgIpc) is 3.67. The van der Waals surface area contributed by atoms with Crippen molar-refractivity contribution in [3.8, 4) is 11.1 Å². The van der Waals surface area contributed by atoms with Gasteiger partial charge in [0.05, 0.1) is 0 Å². The van der Waals surface area contributed by atoms with E-state index in [-0.39, 0.29) is 0 Å². The lowest BCUT2D eigenvalue weighted by Crippen LogP contribution is -2.14. The monoisotopic (exact) mass is 761 g/mol. The fourth-order valence-electron chi connectivity index (χ4n) is 7.92. The highest BCUT2D eigenvalue weighted by atomic mass is 32.1. The summed E-state index contributed by atoms with van der Waals surface area (Å²) in [7, 11) is 0. The first kappa shape index (κ1) is 35.0. The Labute approximate surface area is 343 Å². The number of benzene rings is 9. The second-order valence-electron chi connectivity index (χ2n) is 14.2. The third kappa shape index (κ3) is 6.87. The predicted octanol–water partition coefficient (Wildman–Crippen LogP) is 16.1. The summed E-state index contributed by atoms with van der Waals surface area (Å²) < 4.78 is 2.61. The van der Waals surface area contributed by atoms with E-state index in [4.69, 9.17) is 0 Å². The van der Waals surface area contributed by atoms with Gasteiger partial charge in [0.2, 0.25) is 0 Å². The Morgan fingerprint density at radius 2 is 0.569 bits per heavy atom. The Bertz CT molecular complexity index is 2760. The lowest BCUT2D eigenvalue weighted by molar-refractivity contribution is 1.24. The maximum Gasteiger partial charge on any atom is 0.0482 e. The van der Waals surface area contributed by atoms with Crippen LogP contribution in [0.1, 0.15) is 0 Å². The van der Waals surface area contributed by atoms with Crippen molar-refractivity contribution in [2.24, 2.45) is 0 Å². The third-order valence-corrected chi connectivity index (χ3v) is 11.7. The maximum atomic E-state index is 2.39. The second-order valence-corrected chi connectivity index (χ2v) is 15.3. The third-order valence-electron chi connectivity index (χ3n) is 10.6. The number of fused-ring (bicyclic) bond motifs is 3. The molecular formula is C54H39N3S. The van der Waals surface area contributed by atoms with Crippen molar-refractivity contribution in [1.29, 1.82) is 0 Å². The van der Waals surface area contributed by atoms with Gasteiger partial charge in [0, 0.05) is 71.4 Å². The first-order valence-corrected chi connectivity index (χ1v) is 20.4. The first-order valence-electron chi connectivity index (χ1n) is 19.6. The van der Waals surface area contributed by atoms with E-state index in [9.17, 15) is 0 Å². The van der Waals surface area contributed by atoms with E-state index in [0.29, 0.717) is 0 Å². The molecule has 0 amide bonds. The van der Waals surface area contributed by atoms with Crippen molar-refractivity contribution in [2.45, 2.75) is 0 Å². The van der Waals surface area contributed by atoms with Gasteiger partial charge in [-0.3, -0.25) is 0 Å². The molecule has 0 saturated carbocycles. The van der Waals surface area contributed by atoms with Gasteiger partial charge in [0.1, 0.15) is 0 Å². The molecule has 9 aromatic carbocycles. The predicted molar refractivity (Wildman–Crippen MR) is 249 cm³/mol. The summed E-state index contributed by atoms with van der Waals surface area (Å²) in [6, 6.07) is 84.7. The summed E-state index contributed by atoms with van der Waals surface area (Å²) in [5.41, 5.74) is 12.1. The van der Waals surface area contributed by atoms with Crippen LogP contribution in [0.2, 0.25) is 0 Å². The normalized spacial score (nSPS) is 11.1. The van der Waals surface area contributed by atoms with Gasteiger partial charge >= 0.3 is 0 Å². The zero-order chi connectivity index (χ0) is 38.7. The molecule has 0 saturated heterocycles. The fraction of sp³-hybridized carbons (Fsp3) is 0. The van der Waals surface area contributed by atoms with Gasteiger partial charge in [-0.25, -0.2) is 0 Å². The molecule has 0 aliphatic carbocycles. The van der Waals surface area contributed by atoms with Crippen LogP contribution in [0.15, 0.2) is 237 Å². The molecule has 3 nitrogen and oxygen atoms in total. The van der Waals surface area contributed by atoms with Gasteiger partial charge in [-0.05, 0) is 120 Å². The number of para-hydroxylation sites is 4. The molecule has 1 heterocycles. The van der Waals surface area contributed by atoms with Crippen molar-refractivity contribution in [1.82, 2.24) is 0 Å². The van der Waals surface area contributed by atoms with Gasteiger partial charge in [0.25, 0.3) is 0 Å². The van der Waals surface area contributed by atoms with Crippen molar-refractivity contribution >= 4 is 82.7 Å². The van der Waals surface area contributed by atoms with Crippen molar-refractivity contribution < 1.29 is 0 Å². The van der Waals surface area contributed by atoms with E-state index in [1.54, 1.807) is 0 Å². The highest BCUT2D eigenvalue weighted by molar-refractivity contribution is 7.25. The van der Waals surface area contributed by atoms with E-state index in [1.807, 2.05) is 11.3 Å². The molecule has 0 fully saturated rings. The summed E-state index contributed by atoms with van der Waals surface area (Å²) in [6.45, 7) is 0. The van der Waals surface area contributed by atoms with Crippen LogP contribution in [0.25, 0.3) is 31.3 Å². The zero-order valence-corrected chi connectivity index (χ0v) is 32.6. The van der Waals surface area contributed by atoms with Gasteiger partial charge in [-0.2, -0.15) is 0 Å². The topological polar surface area (TPSA) is 9.72 Å². The molecule has 276 valence electrons. The van der Waals surface area contributed by atoms with Gasteiger partial charge in [-0.1, -0.05) is 127 Å². The van der Waals surface area contributed by atoms with Crippen molar-refractivity contribution in [2.75, 3.05) is 14.7 Å². The molecule has 58 heavy (non-hydrogen) atoms. The summed E-state index contributed by atoms with van der Waals surface area (Å²) in [5, 5.41) is 2.62. The molecule has 4 heteroatoms. The van der Waals surface area contributed by atoms with Crippen LogP contribution in [-0.4, -0.2) is 0 Å². The van der Waals surface area contributed by atoms with E-state index >= 15 is 0 Å². The molecule has 10 rings (SSSR count). The highest BCUT2D eigenvalue weighted by Gasteiger charge is 2.20. The lowest BCUT2D eigenvalue weighted by Gasteiger charge is -2.31. The number of rotatable bonds is 10. The Kier molecular flexibility index (Phi) is 9.44. The van der Waals surface area contributed by atoms with Crippen LogP contribution in [0.4, 0.5) is 51.2 Å². The molecule has 0 unspecified atom stereocenters. The molecule has 0 radical (unpaired) electrons. The molecule has 0 aliphatic rings. The minimum Gasteiger partial charge on any atom is -0.310 e. The minimum absolute atomic E-state index is 1.05. The Hall–Kier alpha value is -7.40. The largest absolute Gasteiger partial charge is 0.310 e. The zero-order valence-electron chi connectivity index (χ0n) is 31.8. The SMILES string of the molecule is c1ccc(N(c2ccccc2)c2cccc(N(c3cccc(-c4ccc5c(c4)sc4ccccc45)c3)c3cccc(N(c4ccccc4)c4ccccc4)c3)c2)cc1. The highest BCUT2D eigenvalue weighted by Crippen LogP contribution is 2.44. The second kappa shape index (κ2) is 15.6. The van der Waals surface area contributed by atoms with E-state index < -0.39 is 0 Å². The summed E-state index contributed by atoms with van der Waals surface area (Å²) in [4.78, 5) is 7.03. The van der Waals surface area contributed by atoms with Crippen LogP contribution < -0.4 is 14.7 Å². The molecule has 1 aromatic heterocycles. The molecule has 0 atom stereocenters. The summed E-state index contributed by atoms with van der Waals surface area (Å²) in [6.07, 6.45) is 0. The number of hydrogen-bond acceptors (Lipinski definition) is 4. The molecule has 0 bridgehead atoms. The molecule has 0 spiro atoms. The first-order chi connectivity index (χ1) is 28.8. The summed E-state index contributed by atoms with van der Waals surface area (Å²) in [5.74, 6) is 0. The fourth-order valence-corrected chi connectivity index (χ4v) is 9.07. The molecule has 10 aromatic rings. The number of nitrogens with zero attached hydrogens (tertiary/aromatic N) is 3. The minimum atomic E-state index is 1.05. The van der Waals surface area contributed by atoms with Crippen LogP contribution in [0.3, 0.4) is 0 Å². The van der Waals surface area contributed by atoms with Gasteiger partial charge < -0.3 is 14.7 Å². The maximum absolute atomic E-state index is 2.39. The Morgan fingerprint density at radius 1 is 0.224 bits per heavy atom. The molecular weight excluding hydrogens is 723 g/mol. The van der Waals surface area contributed by atoms with E-state index in [1.165, 1.54) is 31.3 Å². The van der Waals surface area contributed by atoms with Crippen molar-refractivity contribution in [3.05, 3.63) is 237 Å². The quantitative estimate of drug-likeness (QED) is 0.137. The lowest BCUT2D eigenvalue weighted by atomic mass is 10.0. The van der Waals surface area contributed by atoms with Crippen molar-refractivity contribution in [3.63, 3.8) is 0 Å². The van der Waals surface area contributed by atoms with E-state index in [2.05, 4.69) is 251 Å². The standard InChI is InChI=1S/C54H39N3S/c1-5-19-42(20-6-1)55(43-21-7-2-8-22-43)47-28-16-30-49(38-47)57(50-31-17-29-48(39-50)56(44-23-9-3-10-24-44)45-25-11-4-12-26-45)46-27-15-18-40(36-46)41-34-35-52-51-32-13-14-33-53(51)58-54(52)37-41/h1-39H. The van der Waals surface area contributed by atoms with Gasteiger partial charge in [0.15, 0.2) is 0 Å². The number of anilines is 9. The van der Waals surface area contributed by atoms with Crippen LogP contribution in [-0.2, 0) is 0 Å². The van der Waals surface area contributed by atoms with Crippen LogP contribution in [0, 0.1) is 0 Å². The van der Waals surface area contributed by atoms with Crippen LogP contribution >= 0.6 is 11.3 Å². The molecule has 0 N–H and O–H groups in total. The smallest absolute Gasteiger partial charge is 0.0482 e. The van der Waals surface area contributed by atoms with E-state index in [0.717, 1.165) is 51.2 Å². The summed E-state index contributed by atoms with van der Waals surface area (Å²) >= 11 is 1.86. The number of hydrogen-bond donors (Lipinski definition) is 0. The Morgan fingerprint density at radius 3 is 1.05 bits per heavy atom. The molecule has 0 aliphatic heterocycles. The average molecular weight is 762 g/mol. The van der Waals surface area contributed by atoms with Crippen LogP contribution in [0.5, 0.6) is 0 Å².